The molecule has 0 aliphatic carbocycles. The van der Waals surface area contributed by atoms with Gasteiger partial charge in [-0.1, -0.05) is 0 Å². The monoisotopic (exact) mass is 425 g/mol. The Hall–Kier alpha value is -2.55. The van der Waals surface area contributed by atoms with Gasteiger partial charge in [-0.3, -0.25) is 4.79 Å². The smallest absolute Gasteiger partial charge is 0.331 e. The Labute approximate surface area is 171 Å². The molecule has 1 saturated heterocycles. The summed E-state index contributed by atoms with van der Waals surface area (Å²) in [5.41, 5.74) is 0.670. The number of likely N-dealkylation sites (N-methyl/N-ethyl adjacent to an activating group) is 1. The summed E-state index contributed by atoms with van der Waals surface area (Å²) in [7, 11) is -0.0636. The highest BCUT2D eigenvalue weighted by atomic mass is 32.2. The molecule has 0 saturated carbocycles. The summed E-state index contributed by atoms with van der Waals surface area (Å²) >= 11 is 0. The maximum Gasteiger partial charge on any atom is 0.331 e. The van der Waals surface area contributed by atoms with Gasteiger partial charge in [-0.05, 0) is 44.0 Å². The number of methoxy groups -OCH3 is 2. The maximum absolute atomic E-state index is 12.6. The second-order valence-corrected chi connectivity index (χ2v) is 8.97. The number of sulfone groups is 1. The van der Waals surface area contributed by atoms with E-state index in [4.69, 9.17) is 14.2 Å². The third-order valence-electron chi connectivity index (χ3n) is 4.70. The van der Waals surface area contributed by atoms with E-state index in [-0.39, 0.29) is 17.5 Å². The van der Waals surface area contributed by atoms with Crippen molar-refractivity contribution in [3.63, 3.8) is 0 Å². The number of esters is 1. The van der Waals surface area contributed by atoms with Crippen LogP contribution in [0.25, 0.3) is 6.08 Å². The molecule has 1 aliphatic rings. The Bertz CT molecular complexity index is 857. The standard InChI is InChI=1S/C20H27NO7S/c1-5-21(16-8-9-29(24,25)13-16)20(23)14(2)28-19(22)7-6-15-10-17(26-3)12-18(11-15)27-4/h6-7,10-12,14,16H,5,8-9,13H2,1-4H3/b7-6+/t14-,16-/m0/s1. The third kappa shape index (κ3) is 6.22. The predicted molar refractivity (Wildman–Crippen MR) is 109 cm³/mol. The van der Waals surface area contributed by atoms with Gasteiger partial charge in [0.2, 0.25) is 0 Å². The Balaban J connectivity index is 2.00. The molecule has 0 unspecified atom stereocenters. The summed E-state index contributed by atoms with van der Waals surface area (Å²) < 4.78 is 39.0. The zero-order chi connectivity index (χ0) is 21.6. The second-order valence-electron chi connectivity index (χ2n) is 6.74. The molecule has 1 aromatic carbocycles. The number of amides is 1. The van der Waals surface area contributed by atoms with E-state index in [0.29, 0.717) is 30.0 Å². The van der Waals surface area contributed by atoms with Gasteiger partial charge in [-0.2, -0.15) is 0 Å². The summed E-state index contributed by atoms with van der Waals surface area (Å²) in [5.74, 6) is 0.0897. The number of nitrogens with zero attached hydrogens (tertiary/aromatic N) is 1. The van der Waals surface area contributed by atoms with Gasteiger partial charge in [0.15, 0.2) is 15.9 Å². The van der Waals surface area contributed by atoms with E-state index < -0.39 is 27.8 Å². The molecule has 8 nitrogen and oxygen atoms in total. The van der Waals surface area contributed by atoms with E-state index in [1.165, 1.54) is 38.2 Å². The van der Waals surface area contributed by atoms with Gasteiger partial charge in [0.25, 0.3) is 5.91 Å². The molecule has 2 rings (SSSR count). The average molecular weight is 426 g/mol. The predicted octanol–water partition coefficient (Wildman–Crippen LogP) is 1.68. The van der Waals surface area contributed by atoms with Gasteiger partial charge >= 0.3 is 5.97 Å². The fraction of sp³-hybridized carbons (Fsp3) is 0.500. The summed E-state index contributed by atoms with van der Waals surface area (Å²) in [6, 6.07) is 4.78. The molecule has 1 aliphatic heterocycles. The molecular weight excluding hydrogens is 398 g/mol. The fourth-order valence-electron chi connectivity index (χ4n) is 3.20. The lowest BCUT2D eigenvalue weighted by atomic mass is 10.2. The molecule has 0 aromatic heterocycles. The first kappa shape index (κ1) is 22.7. The van der Waals surface area contributed by atoms with Crippen molar-refractivity contribution < 1.29 is 32.2 Å². The number of hydrogen-bond donors (Lipinski definition) is 0. The van der Waals surface area contributed by atoms with Gasteiger partial charge in [-0.15, -0.1) is 0 Å². The first-order valence-electron chi connectivity index (χ1n) is 9.31. The topological polar surface area (TPSA) is 99.2 Å². The van der Waals surface area contributed by atoms with Crippen LogP contribution in [0.3, 0.4) is 0 Å². The molecule has 9 heteroatoms. The van der Waals surface area contributed by atoms with E-state index in [1.807, 2.05) is 0 Å². The maximum atomic E-state index is 12.6. The Morgan fingerprint density at radius 3 is 2.31 bits per heavy atom. The van der Waals surface area contributed by atoms with Crippen LogP contribution >= 0.6 is 0 Å². The molecule has 0 radical (unpaired) electrons. The van der Waals surface area contributed by atoms with Crippen LogP contribution < -0.4 is 9.47 Å². The third-order valence-corrected chi connectivity index (χ3v) is 6.45. The lowest BCUT2D eigenvalue weighted by Crippen LogP contribution is -2.46. The molecule has 1 fully saturated rings. The number of carbonyl (C=O) groups is 2. The Morgan fingerprint density at radius 2 is 1.83 bits per heavy atom. The van der Waals surface area contributed by atoms with Crippen molar-refractivity contribution in [1.82, 2.24) is 4.90 Å². The average Bonchev–Trinajstić information content (AvgIpc) is 3.05. The molecule has 2 atom stereocenters. The molecular formula is C20H27NO7S. The van der Waals surface area contributed by atoms with E-state index in [0.717, 1.165) is 0 Å². The van der Waals surface area contributed by atoms with Crippen LogP contribution in [0.2, 0.25) is 0 Å². The Morgan fingerprint density at radius 1 is 1.21 bits per heavy atom. The molecule has 0 bridgehead atoms. The summed E-state index contributed by atoms with van der Waals surface area (Å²) in [5, 5.41) is 0. The summed E-state index contributed by atoms with van der Waals surface area (Å²) in [6.07, 6.45) is 2.13. The van der Waals surface area contributed by atoms with Gasteiger partial charge < -0.3 is 19.1 Å². The molecule has 0 spiro atoms. The van der Waals surface area contributed by atoms with Gasteiger partial charge in [0.1, 0.15) is 11.5 Å². The largest absolute Gasteiger partial charge is 0.497 e. The zero-order valence-electron chi connectivity index (χ0n) is 17.1. The van der Waals surface area contributed by atoms with Crippen molar-refractivity contribution in [3.8, 4) is 11.5 Å². The molecule has 160 valence electrons. The van der Waals surface area contributed by atoms with Crippen molar-refractivity contribution in [2.24, 2.45) is 0 Å². The van der Waals surface area contributed by atoms with Crippen LogP contribution in [0.15, 0.2) is 24.3 Å². The van der Waals surface area contributed by atoms with E-state index >= 15 is 0 Å². The van der Waals surface area contributed by atoms with Crippen molar-refractivity contribution in [2.45, 2.75) is 32.4 Å². The SMILES string of the molecule is CCN(C(=O)[C@H](C)OC(=O)/C=C/c1cc(OC)cc(OC)c1)[C@H]1CCS(=O)(=O)C1. The first-order valence-corrected chi connectivity index (χ1v) is 11.1. The molecule has 1 amide bonds. The lowest BCUT2D eigenvalue weighted by Gasteiger charge is -2.29. The van der Waals surface area contributed by atoms with E-state index in [2.05, 4.69) is 0 Å². The highest BCUT2D eigenvalue weighted by Crippen LogP contribution is 2.23. The second kappa shape index (κ2) is 9.78. The quantitative estimate of drug-likeness (QED) is 0.462. The number of rotatable bonds is 8. The minimum atomic E-state index is -3.12. The minimum Gasteiger partial charge on any atom is -0.497 e. The molecule has 1 heterocycles. The number of benzene rings is 1. The van der Waals surface area contributed by atoms with Crippen LogP contribution in [-0.4, -0.2) is 69.6 Å². The van der Waals surface area contributed by atoms with Crippen LogP contribution in [-0.2, 0) is 24.2 Å². The van der Waals surface area contributed by atoms with E-state index in [9.17, 15) is 18.0 Å². The fourth-order valence-corrected chi connectivity index (χ4v) is 4.93. The van der Waals surface area contributed by atoms with Crippen LogP contribution in [0.1, 0.15) is 25.8 Å². The lowest BCUT2D eigenvalue weighted by molar-refractivity contribution is -0.156. The van der Waals surface area contributed by atoms with Crippen molar-refractivity contribution in [3.05, 3.63) is 29.8 Å². The van der Waals surface area contributed by atoms with Crippen molar-refractivity contribution in [2.75, 3.05) is 32.3 Å². The van der Waals surface area contributed by atoms with Gasteiger partial charge in [0.05, 0.1) is 25.7 Å². The Kier molecular flexibility index (Phi) is 7.66. The summed E-state index contributed by atoms with van der Waals surface area (Å²) in [6.45, 7) is 3.60. The molecule has 1 aromatic rings. The van der Waals surface area contributed by atoms with Crippen LogP contribution in [0, 0.1) is 0 Å². The zero-order valence-corrected chi connectivity index (χ0v) is 17.9. The summed E-state index contributed by atoms with van der Waals surface area (Å²) in [4.78, 5) is 26.3. The van der Waals surface area contributed by atoms with Crippen LogP contribution in [0.4, 0.5) is 0 Å². The van der Waals surface area contributed by atoms with Crippen molar-refractivity contribution >= 4 is 27.8 Å². The minimum absolute atomic E-state index is 0.0508. The highest BCUT2D eigenvalue weighted by molar-refractivity contribution is 7.91. The number of hydrogen-bond acceptors (Lipinski definition) is 7. The highest BCUT2D eigenvalue weighted by Gasteiger charge is 2.36. The van der Waals surface area contributed by atoms with Crippen LogP contribution in [0.5, 0.6) is 11.5 Å². The van der Waals surface area contributed by atoms with Crippen molar-refractivity contribution in [1.29, 1.82) is 0 Å². The van der Waals surface area contributed by atoms with Gasteiger partial charge in [0, 0.05) is 24.7 Å². The number of carbonyl (C=O) groups excluding carboxylic acids is 2. The molecule has 0 N–H and O–H groups in total. The number of ether oxygens (including phenoxy) is 3. The molecule has 29 heavy (non-hydrogen) atoms. The first-order chi connectivity index (χ1) is 13.7. The van der Waals surface area contributed by atoms with Gasteiger partial charge in [-0.25, -0.2) is 13.2 Å². The van der Waals surface area contributed by atoms with E-state index in [1.54, 1.807) is 25.1 Å². The normalized spacial score (nSPS) is 19.0.